The zero-order valence-corrected chi connectivity index (χ0v) is 12.5. The van der Waals surface area contributed by atoms with Crippen LogP contribution >= 0.6 is 0 Å². The number of aryl methyl sites for hydroxylation is 1. The quantitative estimate of drug-likeness (QED) is 0.827. The van der Waals surface area contributed by atoms with Crippen molar-refractivity contribution in [3.05, 3.63) is 23.8 Å². The molecule has 0 heterocycles. The molecule has 19 heavy (non-hydrogen) atoms. The third-order valence-corrected chi connectivity index (χ3v) is 4.43. The molecule has 5 nitrogen and oxygen atoms in total. The lowest BCUT2D eigenvalue weighted by atomic mass is 10.1. The molecule has 0 saturated carbocycles. The smallest absolute Gasteiger partial charge is 0.244 e. The molecular weight excluding hydrogens is 266 g/mol. The molecule has 0 aliphatic heterocycles. The number of hydrogen-bond donors (Lipinski definition) is 2. The topological polar surface area (TPSA) is 75.6 Å². The number of benzene rings is 1. The minimum Gasteiger partial charge on any atom is -0.495 e. The zero-order chi connectivity index (χ0) is 14.6. The molecule has 2 N–H and O–H groups in total. The van der Waals surface area contributed by atoms with Crippen molar-refractivity contribution in [1.29, 1.82) is 0 Å². The first kappa shape index (κ1) is 15.9. The number of ether oxygens (including phenoxy) is 1. The van der Waals surface area contributed by atoms with E-state index in [4.69, 9.17) is 4.74 Å². The summed E-state index contributed by atoms with van der Waals surface area (Å²) < 4.78 is 32.3. The Labute approximate surface area is 114 Å². The van der Waals surface area contributed by atoms with Gasteiger partial charge in [-0.2, -0.15) is 0 Å². The van der Waals surface area contributed by atoms with Crippen molar-refractivity contribution in [2.75, 3.05) is 13.7 Å². The van der Waals surface area contributed by atoms with E-state index in [9.17, 15) is 13.5 Å². The Morgan fingerprint density at radius 2 is 2.00 bits per heavy atom. The summed E-state index contributed by atoms with van der Waals surface area (Å²) in [5.41, 5.74) is 0.825. The highest BCUT2D eigenvalue weighted by molar-refractivity contribution is 7.89. The van der Waals surface area contributed by atoms with Crippen molar-refractivity contribution < 1.29 is 18.3 Å². The summed E-state index contributed by atoms with van der Waals surface area (Å²) in [4.78, 5) is 0.0918. The fraction of sp³-hybridized carbons (Fsp3) is 0.538. The maximum absolute atomic E-state index is 12.3. The van der Waals surface area contributed by atoms with E-state index in [0.717, 1.165) is 5.56 Å². The standard InChI is InChI=1S/C13H21NO4S/c1-9(2)11(8-15)14-19(16,17)13-7-10(3)5-6-12(13)18-4/h5-7,9,11,14-15H,8H2,1-4H3/t11-/m1/s1. The lowest BCUT2D eigenvalue weighted by Crippen LogP contribution is -2.41. The van der Waals surface area contributed by atoms with Crippen molar-refractivity contribution in [1.82, 2.24) is 4.72 Å². The first-order valence-corrected chi connectivity index (χ1v) is 7.58. The van der Waals surface area contributed by atoms with Gasteiger partial charge in [0, 0.05) is 6.04 Å². The fourth-order valence-electron chi connectivity index (χ4n) is 1.64. The molecule has 0 amide bonds. The SMILES string of the molecule is COc1ccc(C)cc1S(=O)(=O)N[C@H](CO)C(C)C. The van der Waals surface area contributed by atoms with Gasteiger partial charge in [-0.1, -0.05) is 19.9 Å². The Morgan fingerprint density at radius 1 is 1.37 bits per heavy atom. The van der Waals surface area contributed by atoms with E-state index in [0.29, 0.717) is 5.75 Å². The lowest BCUT2D eigenvalue weighted by Gasteiger charge is -2.20. The summed E-state index contributed by atoms with van der Waals surface area (Å²) in [5, 5.41) is 9.23. The van der Waals surface area contributed by atoms with Gasteiger partial charge in [-0.05, 0) is 30.5 Å². The maximum Gasteiger partial charge on any atom is 0.244 e. The van der Waals surface area contributed by atoms with Gasteiger partial charge < -0.3 is 9.84 Å². The molecule has 0 fully saturated rings. The van der Waals surface area contributed by atoms with Gasteiger partial charge in [-0.3, -0.25) is 0 Å². The molecular formula is C13H21NO4S. The van der Waals surface area contributed by atoms with Crippen LogP contribution in [0, 0.1) is 12.8 Å². The molecule has 0 unspecified atom stereocenters. The fourth-order valence-corrected chi connectivity index (χ4v) is 3.27. The highest BCUT2D eigenvalue weighted by atomic mass is 32.2. The minimum atomic E-state index is -3.72. The Kier molecular flexibility index (Phi) is 5.34. The highest BCUT2D eigenvalue weighted by Gasteiger charge is 2.24. The second-order valence-corrected chi connectivity index (χ2v) is 6.49. The molecule has 6 heteroatoms. The molecule has 0 aliphatic rings. The second-order valence-electron chi connectivity index (χ2n) is 4.81. The number of aliphatic hydroxyl groups is 1. The summed E-state index contributed by atoms with van der Waals surface area (Å²) >= 11 is 0. The molecule has 0 bridgehead atoms. The van der Waals surface area contributed by atoms with Gasteiger partial charge in [0.05, 0.1) is 13.7 Å². The van der Waals surface area contributed by atoms with Crippen LogP contribution in [0.5, 0.6) is 5.75 Å². The number of sulfonamides is 1. The van der Waals surface area contributed by atoms with Gasteiger partial charge in [0.15, 0.2) is 0 Å². The van der Waals surface area contributed by atoms with Crippen molar-refractivity contribution >= 4 is 10.0 Å². The molecule has 1 aromatic carbocycles. The molecule has 0 aliphatic carbocycles. The van der Waals surface area contributed by atoms with Crippen LogP contribution in [0.4, 0.5) is 0 Å². The summed E-state index contributed by atoms with van der Waals surface area (Å²) in [6, 6.07) is 4.43. The predicted octanol–water partition coefficient (Wildman–Crippen LogP) is 1.30. The predicted molar refractivity (Wildman–Crippen MR) is 73.8 cm³/mol. The van der Waals surface area contributed by atoms with Crippen LogP contribution in [0.1, 0.15) is 19.4 Å². The molecule has 0 radical (unpaired) electrons. The van der Waals surface area contributed by atoms with E-state index >= 15 is 0 Å². The monoisotopic (exact) mass is 287 g/mol. The number of methoxy groups -OCH3 is 1. The largest absolute Gasteiger partial charge is 0.495 e. The number of hydrogen-bond acceptors (Lipinski definition) is 4. The van der Waals surface area contributed by atoms with Crippen LogP contribution in [0.3, 0.4) is 0 Å². The molecule has 1 aromatic rings. The van der Waals surface area contributed by atoms with Crippen molar-refractivity contribution in [3.63, 3.8) is 0 Å². The van der Waals surface area contributed by atoms with E-state index in [1.165, 1.54) is 7.11 Å². The van der Waals surface area contributed by atoms with E-state index < -0.39 is 16.1 Å². The molecule has 0 saturated heterocycles. The highest BCUT2D eigenvalue weighted by Crippen LogP contribution is 2.25. The van der Waals surface area contributed by atoms with Crippen molar-refractivity contribution in [3.8, 4) is 5.75 Å². The summed E-state index contributed by atoms with van der Waals surface area (Å²) in [5.74, 6) is 0.286. The Morgan fingerprint density at radius 3 is 2.47 bits per heavy atom. The van der Waals surface area contributed by atoms with Crippen LogP contribution in [-0.4, -0.2) is 33.3 Å². The summed E-state index contributed by atoms with van der Waals surface area (Å²) in [6.45, 7) is 5.25. The average molecular weight is 287 g/mol. The maximum atomic E-state index is 12.3. The molecule has 1 rings (SSSR count). The number of aliphatic hydroxyl groups excluding tert-OH is 1. The van der Waals surface area contributed by atoms with E-state index in [1.54, 1.807) is 18.2 Å². The van der Waals surface area contributed by atoms with Gasteiger partial charge in [0.2, 0.25) is 10.0 Å². The molecule has 0 aromatic heterocycles. The number of nitrogens with one attached hydrogen (secondary N) is 1. The van der Waals surface area contributed by atoms with E-state index in [1.807, 2.05) is 20.8 Å². The third-order valence-electron chi connectivity index (χ3n) is 2.92. The Bertz CT molecular complexity index is 525. The van der Waals surface area contributed by atoms with E-state index in [-0.39, 0.29) is 17.4 Å². The second kappa shape index (κ2) is 6.36. The summed E-state index contributed by atoms with van der Waals surface area (Å²) in [7, 11) is -2.29. The molecule has 1 atom stereocenters. The van der Waals surface area contributed by atoms with Gasteiger partial charge >= 0.3 is 0 Å². The lowest BCUT2D eigenvalue weighted by molar-refractivity contribution is 0.227. The van der Waals surface area contributed by atoms with Gasteiger partial charge in [-0.15, -0.1) is 0 Å². The van der Waals surface area contributed by atoms with Gasteiger partial charge in [0.1, 0.15) is 10.6 Å². The van der Waals surface area contributed by atoms with E-state index in [2.05, 4.69) is 4.72 Å². The van der Waals surface area contributed by atoms with Crippen LogP contribution in [0.15, 0.2) is 23.1 Å². The van der Waals surface area contributed by atoms with Crippen molar-refractivity contribution in [2.45, 2.75) is 31.7 Å². The van der Waals surface area contributed by atoms with Crippen LogP contribution in [-0.2, 0) is 10.0 Å². The zero-order valence-electron chi connectivity index (χ0n) is 11.7. The third kappa shape index (κ3) is 3.92. The van der Waals surface area contributed by atoms with Crippen LogP contribution < -0.4 is 9.46 Å². The Balaban J connectivity index is 3.16. The van der Waals surface area contributed by atoms with Gasteiger partial charge in [-0.25, -0.2) is 13.1 Å². The van der Waals surface area contributed by atoms with Crippen LogP contribution in [0.2, 0.25) is 0 Å². The average Bonchev–Trinajstić information content (AvgIpc) is 2.35. The normalized spacial score (nSPS) is 13.6. The summed E-state index contributed by atoms with van der Waals surface area (Å²) in [6.07, 6.45) is 0. The first-order chi connectivity index (χ1) is 8.81. The molecule has 108 valence electrons. The van der Waals surface area contributed by atoms with Crippen LogP contribution in [0.25, 0.3) is 0 Å². The minimum absolute atomic E-state index is 0.00409. The first-order valence-electron chi connectivity index (χ1n) is 6.09. The molecule has 0 spiro atoms. The number of rotatable bonds is 6. The van der Waals surface area contributed by atoms with Crippen molar-refractivity contribution in [2.24, 2.45) is 5.92 Å². The van der Waals surface area contributed by atoms with Gasteiger partial charge in [0.25, 0.3) is 0 Å². The Hall–Kier alpha value is -1.11.